The lowest BCUT2D eigenvalue weighted by Crippen LogP contribution is -2.22. The van der Waals surface area contributed by atoms with E-state index in [2.05, 4.69) is 29.4 Å². The van der Waals surface area contributed by atoms with E-state index < -0.39 is 0 Å². The van der Waals surface area contributed by atoms with Gasteiger partial charge in [0.15, 0.2) is 5.96 Å². The molecule has 0 bridgehead atoms. The Morgan fingerprint density at radius 3 is 2.39 bits per heavy atom. The lowest BCUT2D eigenvalue weighted by atomic mass is 10.1. The lowest BCUT2D eigenvalue weighted by Gasteiger charge is -2.11. The molecule has 4 nitrogen and oxygen atoms in total. The molecule has 0 saturated carbocycles. The van der Waals surface area contributed by atoms with Crippen molar-refractivity contribution < 1.29 is 4.74 Å². The van der Waals surface area contributed by atoms with E-state index in [1.165, 1.54) is 11.1 Å². The van der Waals surface area contributed by atoms with Gasteiger partial charge in [0.25, 0.3) is 0 Å². The van der Waals surface area contributed by atoms with Gasteiger partial charge < -0.3 is 15.8 Å². The molecule has 23 heavy (non-hydrogen) atoms. The quantitative estimate of drug-likeness (QED) is 0.426. The first-order chi connectivity index (χ1) is 10.5. The minimum atomic E-state index is 0. The van der Waals surface area contributed by atoms with Gasteiger partial charge in [0.1, 0.15) is 5.75 Å². The highest BCUT2D eigenvalue weighted by Gasteiger charge is 2.00. The minimum Gasteiger partial charge on any atom is -0.491 e. The van der Waals surface area contributed by atoms with E-state index in [0.29, 0.717) is 12.5 Å². The predicted molar refractivity (Wildman–Crippen MR) is 108 cm³/mol. The monoisotopic (exact) mass is 425 g/mol. The maximum atomic E-state index is 5.93. The van der Waals surface area contributed by atoms with Gasteiger partial charge in [-0.3, -0.25) is 0 Å². The zero-order chi connectivity index (χ0) is 15.9. The zero-order valence-electron chi connectivity index (χ0n) is 13.7. The molecule has 3 N–H and O–H groups in total. The van der Waals surface area contributed by atoms with Crippen molar-refractivity contribution in [2.75, 3.05) is 5.32 Å². The van der Waals surface area contributed by atoms with Crippen LogP contribution in [0.1, 0.15) is 25.0 Å². The Bertz CT molecular complexity index is 639. The third-order valence-electron chi connectivity index (χ3n) is 3.18. The SMILES string of the molecule is Cc1ccccc1CN=C(N)Nc1ccc(OC(C)C)cc1.I. The molecule has 0 spiro atoms. The molecule has 0 fully saturated rings. The summed E-state index contributed by atoms with van der Waals surface area (Å²) in [7, 11) is 0. The second kappa shape index (κ2) is 9.39. The Balaban J connectivity index is 0.00000264. The van der Waals surface area contributed by atoms with Gasteiger partial charge in [-0.25, -0.2) is 4.99 Å². The van der Waals surface area contributed by atoms with Crippen LogP contribution in [0.15, 0.2) is 53.5 Å². The van der Waals surface area contributed by atoms with Crippen molar-refractivity contribution >= 4 is 35.6 Å². The Kier molecular flexibility index (Phi) is 7.88. The summed E-state index contributed by atoms with van der Waals surface area (Å²) in [4.78, 5) is 4.37. The Labute approximate surface area is 155 Å². The van der Waals surface area contributed by atoms with E-state index >= 15 is 0 Å². The van der Waals surface area contributed by atoms with Crippen LogP contribution in [0.2, 0.25) is 0 Å². The number of aryl methyl sites for hydroxylation is 1. The van der Waals surface area contributed by atoms with Gasteiger partial charge in [-0.2, -0.15) is 0 Å². The molecule has 0 amide bonds. The highest BCUT2D eigenvalue weighted by molar-refractivity contribution is 14.0. The Hall–Kier alpha value is -1.76. The van der Waals surface area contributed by atoms with E-state index in [1.54, 1.807) is 0 Å². The highest BCUT2D eigenvalue weighted by atomic mass is 127. The summed E-state index contributed by atoms with van der Waals surface area (Å²) in [6.07, 6.45) is 0.166. The summed E-state index contributed by atoms with van der Waals surface area (Å²) >= 11 is 0. The summed E-state index contributed by atoms with van der Waals surface area (Å²) in [6, 6.07) is 15.8. The fourth-order valence-electron chi connectivity index (χ4n) is 2.03. The summed E-state index contributed by atoms with van der Waals surface area (Å²) < 4.78 is 5.60. The third kappa shape index (κ3) is 6.48. The number of nitrogens with one attached hydrogen (secondary N) is 1. The molecular formula is C18H24IN3O. The number of hydrogen-bond acceptors (Lipinski definition) is 2. The summed E-state index contributed by atoms with van der Waals surface area (Å²) in [5, 5.41) is 3.08. The maximum Gasteiger partial charge on any atom is 0.193 e. The Morgan fingerprint density at radius 1 is 1.13 bits per heavy atom. The van der Waals surface area contributed by atoms with Crippen LogP contribution in [0.3, 0.4) is 0 Å². The fourth-order valence-corrected chi connectivity index (χ4v) is 2.03. The average molecular weight is 425 g/mol. The van der Waals surface area contributed by atoms with Crippen LogP contribution >= 0.6 is 24.0 Å². The molecule has 0 aliphatic rings. The zero-order valence-corrected chi connectivity index (χ0v) is 16.1. The summed E-state index contributed by atoms with van der Waals surface area (Å²) in [5.41, 5.74) is 9.21. The summed E-state index contributed by atoms with van der Waals surface area (Å²) in [5.74, 6) is 1.25. The molecule has 5 heteroatoms. The number of nitrogens with two attached hydrogens (primary N) is 1. The molecule has 0 aromatic heterocycles. The van der Waals surface area contributed by atoms with Crippen LogP contribution in [-0.4, -0.2) is 12.1 Å². The number of rotatable bonds is 5. The molecule has 0 heterocycles. The van der Waals surface area contributed by atoms with Gasteiger partial charge in [-0.15, -0.1) is 24.0 Å². The van der Waals surface area contributed by atoms with E-state index in [4.69, 9.17) is 10.5 Å². The van der Waals surface area contributed by atoms with E-state index in [-0.39, 0.29) is 30.1 Å². The third-order valence-corrected chi connectivity index (χ3v) is 3.18. The molecular weight excluding hydrogens is 401 g/mol. The summed E-state index contributed by atoms with van der Waals surface area (Å²) in [6.45, 7) is 6.65. The molecule has 0 unspecified atom stereocenters. The number of benzene rings is 2. The van der Waals surface area contributed by atoms with Crippen LogP contribution in [-0.2, 0) is 6.54 Å². The standard InChI is InChI=1S/C18H23N3O.HI/c1-13(2)22-17-10-8-16(9-11-17)21-18(19)20-12-15-7-5-4-6-14(15)3;/h4-11,13H,12H2,1-3H3,(H3,19,20,21);1H. The number of anilines is 1. The average Bonchev–Trinajstić information content (AvgIpc) is 2.48. The smallest absolute Gasteiger partial charge is 0.193 e. The van der Waals surface area contributed by atoms with Crippen LogP contribution in [0.25, 0.3) is 0 Å². The number of hydrogen-bond donors (Lipinski definition) is 2. The molecule has 2 aromatic carbocycles. The van der Waals surface area contributed by atoms with Crippen LogP contribution in [0, 0.1) is 6.92 Å². The second-order valence-electron chi connectivity index (χ2n) is 5.44. The molecule has 2 rings (SSSR count). The van der Waals surface area contributed by atoms with Crippen molar-refractivity contribution in [1.29, 1.82) is 0 Å². The van der Waals surface area contributed by atoms with Crippen LogP contribution in [0.5, 0.6) is 5.75 Å². The molecule has 0 saturated heterocycles. The maximum absolute atomic E-state index is 5.93. The first-order valence-electron chi connectivity index (χ1n) is 7.43. The minimum absolute atomic E-state index is 0. The fraction of sp³-hybridized carbons (Fsp3) is 0.278. The van der Waals surface area contributed by atoms with Crippen molar-refractivity contribution in [3.63, 3.8) is 0 Å². The van der Waals surface area contributed by atoms with Gasteiger partial charge in [0.2, 0.25) is 0 Å². The first-order valence-corrected chi connectivity index (χ1v) is 7.43. The normalized spacial score (nSPS) is 11.0. The first kappa shape index (κ1) is 19.3. The molecule has 124 valence electrons. The van der Waals surface area contributed by atoms with Gasteiger partial charge in [0, 0.05) is 5.69 Å². The van der Waals surface area contributed by atoms with Gasteiger partial charge in [0.05, 0.1) is 12.6 Å². The topological polar surface area (TPSA) is 59.6 Å². The molecule has 0 radical (unpaired) electrons. The van der Waals surface area contributed by atoms with Crippen molar-refractivity contribution in [1.82, 2.24) is 0 Å². The molecule has 0 atom stereocenters. The largest absolute Gasteiger partial charge is 0.491 e. The van der Waals surface area contributed by atoms with E-state index in [0.717, 1.165) is 11.4 Å². The molecule has 0 aliphatic carbocycles. The number of ether oxygens (including phenoxy) is 1. The number of halogens is 1. The van der Waals surface area contributed by atoms with Crippen LogP contribution in [0.4, 0.5) is 5.69 Å². The van der Waals surface area contributed by atoms with Gasteiger partial charge in [-0.05, 0) is 56.2 Å². The van der Waals surface area contributed by atoms with Crippen molar-refractivity contribution in [2.24, 2.45) is 10.7 Å². The van der Waals surface area contributed by atoms with Crippen molar-refractivity contribution in [2.45, 2.75) is 33.4 Å². The van der Waals surface area contributed by atoms with Crippen molar-refractivity contribution in [3.05, 3.63) is 59.7 Å². The number of aliphatic imine (C=N–C) groups is 1. The van der Waals surface area contributed by atoms with Gasteiger partial charge >= 0.3 is 0 Å². The van der Waals surface area contributed by atoms with Gasteiger partial charge in [-0.1, -0.05) is 24.3 Å². The number of guanidine groups is 1. The predicted octanol–water partition coefficient (Wildman–Crippen LogP) is 4.33. The van der Waals surface area contributed by atoms with Crippen molar-refractivity contribution in [3.8, 4) is 5.75 Å². The molecule has 2 aromatic rings. The molecule has 0 aliphatic heterocycles. The van der Waals surface area contributed by atoms with Crippen LogP contribution < -0.4 is 15.8 Å². The Morgan fingerprint density at radius 2 is 1.78 bits per heavy atom. The second-order valence-corrected chi connectivity index (χ2v) is 5.44. The van der Waals surface area contributed by atoms with E-state index in [1.807, 2.05) is 50.2 Å². The number of nitrogens with zero attached hydrogens (tertiary/aromatic N) is 1. The highest BCUT2D eigenvalue weighted by Crippen LogP contribution is 2.16. The lowest BCUT2D eigenvalue weighted by molar-refractivity contribution is 0.242. The van der Waals surface area contributed by atoms with E-state index in [9.17, 15) is 0 Å².